The molecule has 0 spiro atoms. The number of fused-ring (bicyclic) bond motifs is 2. The normalized spacial score (nSPS) is 20.0. The van der Waals surface area contributed by atoms with Crippen LogP contribution in [0.2, 0.25) is 0 Å². The molecule has 1 aliphatic carbocycles. The van der Waals surface area contributed by atoms with Gasteiger partial charge in [0.15, 0.2) is 28.8 Å². The Kier molecular flexibility index (Phi) is 5.68. The molecular formula is C29H28N2O5. The standard InChI is InChI=1S/C29H28N2O5/c1-3-34-24-10-8-17(14-26(24)33-2)19-12-22-28(23(32)13-19)29(31-21-7-5-4-6-20(21)30-22)18-9-11-25-27(15-18)36-16-35-25/h4-11,14-15,19,29-31H,3,12-13,16H2,1-2H3/t19-,29-/m0/s1. The fraction of sp³-hybridized carbons (Fsp3) is 0.276. The van der Waals surface area contributed by atoms with Crippen molar-refractivity contribution in [3.63, 3.8) is 0 Å². The summed E-state index contributed by atoms with van der Waals surface area (Å²) in [7, 11) is 1.64. The maximum absolute atomic E-state index is 13.8. The maximum Gasteiger partial charge on any atom is 0.231 e. The number of hydrogen-bond acceptors (Lipinski definition) is 7. The Morgan fingerprint density at radius 3 is 2.56 bits per heavy atom. The second-order valence-corrected chi connectivity index (χ2v) is 9.12. The smallest absolute Gasteiger partial charge is 0.231 e. The van der Waals surface area contributed by atoms with E-state index in [2.05, 4.69) is 10.6 Å². The highest BCUT2D eigenvalue weighted by Gasteiger charge is 2.36. The van der Waals surface area contributed by atoms with Crippen LogP contribution >= 0.6 is 0 Å². The Hall–Kier alpha value is -4.13. The molecule has 184 valence electrons. The third-order valence-electron chi connectivity index (χ3n) is 7.00. The third kappa shape index (κ3) is 3.90. The zero-order valence-electron chi connectivity index (χ0n) is 20.3. The lowest BCUT2D eigenvalue weighted by atomic mass is 9.78. The minimum atomic E-state index is -0.311. The molecule has 0 amide bonds. The number of Topliss-reactive ketones (excluding diaryl/α,β-unsaturated/α-hetero) is 1. The van der Waals surface area contributed by atoms with Gasteiger partial charge in [0.25, 0.3) is 0 Å². The number of para-hydroxylation sites is 2. The van der Waals surface area contributed by atoms with Crippen molar-refractivity contribution in [2.75, 3.05) is 31.1 Å². The van der Waals surface area contributed by atoms with Gasteiger partial charge in [-0.05, 0) is 66.8 Å². The third-order valence-corrected chi connectivity index (χ3v) is 7.00. The molecule has 2 atom stereocenters. The lowest BCUT2D eigenvalue weighted by Crippen LogP contribution is -2.26. The molecule has 2 aliphatic heterocycles. The Bertz CT molecular complexity index is 1370. The molecule has 36 heavy (non-hydrogen) atoms. The van der Waals surface area contributed by atoms with E-state index in [0.29, 0.717) is 36.7 Å². The van der Waals surface area contributed by atoms with Gasteiger partial charge in [-0.25, -0.2) is 0 Å². The van der Waals surface area contributed by atoms with Gasteiger partial charge in [-0.1, -0.05) is 24.3 Å². The van der Waals surface area contributed by atoms with Crippen molar-refractivity contribution in [1.82, 2.24) is 0 Å². The van der Waals surface area contributed by atoms with Crippen LogP contribution in [0.15, 0.2) is 71.9 Å². The van der Waals surface area contributed by atoms with Gasteiger partial charge in [-0.15, -0.1) is 0 Å². The minimum absolute atomic E-state index is 0.0241. The second kappa shape index (κ2) is 9.15. The van der Waals surface area contributed by atoms with Crippen molar-refractivity contribution in [1.29, 1.82) is 0 Å². The summed E-state index contributed by atoms with van der Waals surface area (Å²) in [5.74, 6) is 2.95. The molecule has 6 rings (SSSR count). The van der Waals surface area contributed by atoms with Crippen LogP contribution in [0, 0.1) is 0 Å². The lowest BCUT2D eigenvalue weighted by molar-refractivity contribution is -0.116. The summed E-state index contributed by atoms with van der Waals surface area (Å²) in [5.41, 5.74) is 5.61. The number of allylic oxidation sites excluding steroid dienone is 1. The number of rotatable bonds is 5. The Balaban J connectivity index is 1.40. The van der Waals surface area contributed by atoms with Gasteiger partial charge in [-0.3, -0.25) is 4.79 Å². The monoisotopic (exact) mass is 484 g/mol. The van der Waals surface area contributed by atoms with Crippen LogP contribution in [0.25, 0.3) is 0 Å². The van der Waals surface area contributed by atoms with Crippen LogP contribution in [0.1, 0.15) is 42.9 Å². The molecular weight excluding hydrogens is 456 g/mol. The average molecular weight is 485 g/mol. The number of carbonyl (C=O) groups is 1. The number of carbonyl (C=O) groups excluding carboxylic acids is 1. The van der Waals surface area contributed by atoms with Crippen LogP contribution in [0.5, 0.6) is 23.0 Å². The van der Waals surface area contributed by atoms with Crippen LogP contribution in [-0.2, 0) is 4.79 Å². The number of nitrogens with one attached hydrogen (secondary N) is 2. The molecule has 0 saturated carbocycles. The van der Waals surface area contributed by atoms with E-state index < -0.39 is 0 Å². The average Bonchev–Trinajstić information content (AvgIpc) is 3.29. The van der Waals surface area contributed by atoms with Crippen molar-refractivity contribution < 1.29 is 23.7 Å². The van der Waals surface area contributed by atoms with E-state index in [4.69, 9.17) is 18.9 Å². The number of hydrogen-bond donors (Lipinski definition) is 2. The molecule has 2 N–H and O–H groups in total. The van der Waals surface area contributed by atoms with Gasteiger partial charge < -0.3 is 29.6 Å². The van der Waals surface area contributed by atoms with Crippen molar-refractivity contribution in [3.05, 3.63) is 83.1 Å². The van der Waals surface area contributed by atoms with E-state index in [9.17, 15) is 4.79 Å². The summed E-state index contributed by atoms with van der Waals surface area (Å²) in [5, 5.41) is 7.21. The first kappa shape index (κ1) is 22.3. The minimum Gasteiger partial charge on any atom is -0.493 e. The highest BCUT2D eigenvalue weighted by atomic mass is 16.7. The number of ether oxygens (including phenoxy) is 4. The van der Waals surface area contributed by atoms with Gasteiger partial charge in [0.2, 0.25) is 6.79 Å². The summed E-state index contributed by atoms with van der Waals surface area (Å²) in [6, 6.07) is 19.6. The summed E-state index contributed by atoms with van der Waals surface area (Å²) < 4.78 is 22.4. The summed E-state index contributed by atoms with van der Waals surface area (Å²) in [6.07, 6.45) is 1.12. The van der Waals surface area contributed by atoms with E-state index in [0.717, 1.165) is 39.5 Å². The van der Waals surface area contributed by atoms with E-state index in [1.807, 2.05) is 67.6 Å². The first-order valence-electron chi connectivity index (χ1n) is 12.2. The molecule has 0 fully saturated rings. The highest BCUT2D eigenvalue weighted by molar-refractivity contribution is 6.01. The summed E-state index contributed by atoms with van der Waals surface area (Å²) >= 11 is 0. The second-order valence-electron chi connectivity index (χ2n) is 9.12. The Morgan fingerprint density at radius 2 is 1.72 bits per heavy atom. The van der Waals surface area contributed by atoms with E-state index in [-0.39, 0.29) is 24.5 Å². The van der Waals surface area contributed by atoms with Crippen LogP contribution in [0.4, 0.5) is 11.4 Å². The molecule has 2 heterocycles. The van der Waals surface area contributed by atoms with Crippen molar-refractivity contribution in [3.8, 4) is 23.0 Å². The van der Waals surface area contributed by atoms with Crippen molar-refractivity contribution in [2.24, 2.45) is 0 Å². The predicted octanol–water partition coefficient (Wildman–Crippen LogP) is 5.80. The molecule has 7 nitrogen and oxygen atoms in total. The molecule has 3 aromatic rings. The predicted molar refractivity (Wildman–Crippen MR) is 137 cm³/mol. The van der Waals surface area contributed by atoms with E-state index >= 15 is 0 Å². The van der Waals surface area contributed by atoms with Gasteiger partial charge in [0.05, 0.1) is 31.1 Å². The molecule has 7 heteroatoms. The maximum atomic E-state index is 13.8. The van der Waals surface area contributed by atoms with E-state index in [1.165, 1.54) is 0 Å². The van der Waals surface area contributed by atoms with Crippen LogP contribution in [-0.4, -0.2) is 26.3 Å². The van der Waals surface area contributed by atoms with Crippen molar-refractivity contribution >= 4 is 17.2 Å². The topological polar surface area (TPSA) is 78.1 Å². The first-order valence-corrected chi connectivity index (χ1v) is 12.2. The first-order chi connectivity index (χ1) is 17.6. The number of methoxy groups -OCH3 is 1. The number of anilines is 2. The highest BCUT2D eigenvalue weighted by Crippen LogP contribution is 2.46. The van der Waals surface area contributed by atoms with Gasteiger partial charge in [0.1, 0.15) is 0 Å². The fourth-order valence-electron chi connectivity index (χ4n) is 5.28. The Labute approximate surface area is 210 Å². The number of ketones is 1. The summed E-state index contributed by atoms with van der Waals surface area (Å²) in [4.78, 5) is 13.8. The largest absolute Gasteiger partial charge is 0.493 e. The molecule has 0 radical (unpaired) electrons. The zero-order chi connectivity index (χ0) is 24.6. The van der Waals surface area contributed by atoms with Crippen molar-refractivity contribution in [2.45, 2.75) is 31.7 Å². The SMILES string of the molecule is CCOc1ccc([C@@H]2CC(=O)C3=C(C2)Nc2ccccc2N[C@H]3c2ccc3c(c2)OCO3)cc1OC. The van der Waals surface area contributed by atoms with Crippen LogP contribution in [0.3, 0.4) is 0 Å². The fourth-order valence-corrected chi connectivity index (χ4v) is 5.28. The quantitative estimate of drug-likeness (QED) is 0.474. The Morgan fingerprint density at radius 1 is 0.917 bits per heavy atom. The lowest BCUT2D eigenvalue weighted by Gasteiger charge is -2.30. The van der Waals surface area contributed by atoms with Crippen LogP contribution < -0.4 is 29.6 Å². The molecule has 0 unspecified atom stereocenters. The van der Waals surface area contributed by atoms with Gasteiger partial charge in [-0.2, -0.15) is 0 Å². The molecule has 0 saturated heterocycles. The molecule has 3 aromatic carbocycles. The molecule has 3 aliphatic rings. The molecule has 0 bridgehead atoms. The number of benzene rings is 3. The van der Waals surface area contributed by atoms with E-state index in [1.54, 1.807) is 7.11 Å². The molecule has 0 aromatic heterocycles. The summed E-state index contributed by atoms with van der Waals surface area (Å²) in [6.45, 7) is 2.72. The zero-order valence-corrected chi connectivity index (χ0v) is 20.3. The van der Waals surface area contributed by atoms with Gasteiger partial charge >= 0.3 is 0 Å². The van der Waals surface area contributed by atoms with Gasteiger partial charge in [0, 0.05) is 17.7 Å².